The Bertz CT molecular complexity index is 314. The summed E-state index contributed by atoms with van der Waals surface area (Å²) >= 11 is 0. The van der Waals surface area contributed by atoms with E-state index in [0.717, 1.165) is 6.61 Å². The molecule has 0 aliphatic rings. The third kappa shape index (κ3) is 5.63. The van der Waals surface area contributed by atoms with Gasteiger partial charge in [-0.05, 0) is 24.3 Å². The summed E-state index contributed by atoms with van der Waals surface area (Å²) in [7, 11) is -2.45. The second-order valence-corrected chi connectivity index (χ2v) is 16.6. The largest absolute Gasteiger partial charge is 0.413 e. The van der Waals surface area contributed by atoms with Crippen LogP contribution in [-0.2, 0) is 11.0 Å². The van der Waals surface area contributed by atoms with E-state index < -0.39 is 16.4 Å². The molecule has 1 rings (SSSR count). The van der Waals surface area contributed by atoms with Gasteiger partial charge in [0.15, 0.2) is 8.32 Å². The maximum absolute atomic E-state index is 6.17. The van der Waals surface area contributed by atoms with E-state index in [0.29, 0.717) is 0 Å². The van der Waals surface area contributed by atoms with Crippen molar-refractivity contribution >= 4 is 16.4 Å². The highest BCUT2D eigenvalue weighted by Gasteiger charge is 2.30. The lowest BCUT2D eigenvalue weighted by atomic mass is 10.2. The number of benzene rings is 1. The van der Waals surface area contributed by atoms with Crippen LogP contribution in [0.5, 0.6) is 0 Å². The van der Waals surface area contributed by atoms with Crippen LogP contribution in [-0.4, -0.2) is 16.4 Å². The number of hydrogen-bond acceptors (Lipinski definition) is 1. The van der Waals surface area contributed by atoms with Crippen molar-refractivity contribution in [1.29, 1.82) is 0 Å². The Balaban J connectivity index is 2.48. The second-order valence-electron chi connectivity index (χ2n) is 6.27. The Labute approximate surface area is 102 Å². The molecule has 0 atom stereocenters. The van der Waals surface area contributed by atoms with E-state index in [-0.39, 0.29) is 0 Å². The van der Waals surface area contributed by atoms with Gasteiger partial charge in [0.1, 0.15) is 0 Å². The molecule has 0 spiro atoms. The van der Waals surface area contributed by atoms with Crippen molar-refractivity contribution in [1.82, 2.24) is 0 Å². The second kappa shape index (κ2) is 5.30. The van der Waals surface area contributed by atoms with Gasteiger partial charge in [0.05, 0.1) is 6.61 Å². The molecule has 0 amide bonds. The van der Waals surface area contributed by atoms with Gasteiger partial charge in [-0.1, -0.05) is 50.0 Å². The smallest absolute Gasteiger partial charge is 0.184 e. The highest BCUT2D eigenvalue weighted by atomic mass is 28.4. The Morgan fingerprint density at radius 2 is 1.50 bits per heavy atom. The fraction of sp³-hybridized carbons (Fsp3) is 0.538. The highest BCUT2D eigenvalue weighted by Crippen LogP contribution is 2.21. The van der Waals surface area contributed by atoms with Crippen LogP contribution in [0.15, 0.2) is 30.3 Å². The van der Waals surface area contributed by atoms with Crippen LogP contribution >= 0.6 is 0 Å². The van der Waals surface area contributed by atoms with E-state index in [1.54, 1.807) is 0 Å². The molecule has 1 aromatic carbocycles. The van der Waals surface area contributed by atoms with E-state index in [4.69, 9.17) is 4.43 Å². The summed E-state index contributed by atoms with van der Waals surface area (Å²) < 4.78 is 6.17. The quantitative estimate of drug-likeness (QED) is 0.711. The lowest BCUT2D eigenvalue weighted by Crippen LogP contribution is -2.39. The Hall–Kier alpha value is -0.386. The topological polar surface area (TPSA) is 9.23 Å². The maximum atomic E-state index is 6.17. The standard InChI is InChI=1S/C13H24OSi2/c1-15(2,3)12-16(4,5)14-11-13-9-7-6-8-10-13/h6-10H,11-12H2,1-5H3. The minimum absolute atomic E-state index is 0.782. The minimum Gasteiger partial charge on any atom is -0.413 e. The summed E-state index contributed by atoms with van der Waals surface area (Å²) in [5.74, 6) is 0. The molecule has 0 fully saturated rings. The normalized spacial score (nSPS) is 12.8. The van der Waals surface area contributed by atoms with Crippen molar-refractivity contribution in [2.45, 2.75) is 45.0 Å². The Morgan fingerprint density at radius 1 is 0.938 bits per heavy atom. The monoisotopic (exact) mass is 252 g/mol. The Morgan fingerprint density at radius 3 is 2.00 bits per heavy atom. The van der Waals surface area contributed by atoms with Gasteiger partial charge in [-0.2, -0.15) is 0 Å². The molecule has 1 aromatic rings. The molecule has 0 radical (unpaired) electrons. The third-order valence-corrected chi connectivity index (χ3v) is 11.0. The summed E-state index contributed by atoms with van der Waals surface area (Å²) in [6.07, 6.45) is 0. The predicted octanol–water partition coefficient (Wildman–Crippen LogP) is 4.29. The summed E-state index contributed by atoms with van der Waals surface area (Å²) in [6.45, 7) is 12.7. The van der Waals surface area contributed by atoms with Crippen LogP contribution in [0.1, 0.15) is 5.56 Å². The first-order chi connectivity index (χ1) is 7.29. The third-order valence-electron chi connectivity index (χ3n) is 2.43. The van der Waals surface area contributed by atoms with Gasteiger partial charge in [-0.15, -0.1) is 0 Å². The average molecular weight is 253 g/mol. The van der Waals surface area contributed by atoms with Crippen LogP contribution < -0.4 is 0 Å². The Kier molecular flexibility index (Phi) is 4.53. The average Bonchev–Trinajstić information content (AvgIpc) is 2.13. The van der Waals surface area contributed by atoms with Gasteiger partial charge < -0.3 is 4.43 Å². The van der Waals surface area contributed by atoms with Crippen LogP contribution in [0.3, 0.4) is 0 Å². The predicted molar refractivity (Wildman–Crippen MR) is 76.9 cm³/mol. The first kappa shape index (κ1) is 13.7. The molecule has 0 saturated heterocycles. The first-order valence-corrected chi connectivity index (χ1v) is 12.8. The lowest BCUT2D eigenvalue weighted by molar-refractivity contribution is 0.297. The molecule has 3 heteroatoms. The fourth-order valence-electron chi connectivity index (χ4n) is 2.18. The zero-order valence-electron chi connectivity index (χ0n) is 11.2. The van der Waals surface area contributed by atoms with Gasteiger partial charge in [0.25, 0.3) is 0 Å². The molecule has 0 saturated carbocycles. The molecular formula is C13H24OSi2. The van der Waals surface area contributed by atoms with Gasteiger partial charge in [-0.25, -0.2) is 0 Å². The van der Waals surface area contributed by atoms with Crippen molar-refractivity contribution in [2.75, 3.05) is 0 Å². The van der Waals surface area contributed by atoms with Gasteiger partial charge in [-0.3, -0.25) is 0 Å². The molecule has 0 aliphatic heterocycles. The fourth-order valence-corrected chi connectivity index (χ4v) is 13.4. The van der Waals surface area contributed by atoms with Crippen molar-refractivity contribution < 1.29 is 4.43 Å². The summed E-state index contributed by atoms with van der Waals surface area (Å²) in [5, 5.41) is 0. The zero-order chi connectivity index (χ0) is 12.2. The van der Waals surface area contributed by atoms with E-state index in [1.165, 1.54) is 11.2 Å². The molecule has 0 unspecified atom stereocenters. The number of hydrogen-bond donors (Lipinski definition) is 0. The van der Waals surface area contributed by atoms with Crippen LogP contribution in [0.2, 0.25) is 38.4 Å². The molecule has 16 heavy (non-hydrogen) atoms. The summed E-state index contributed by atoms with van der Waals surface area (Å²) in [5.41, 5.74) is 2.63. The maximum Gasteiger partial charge on any atom is 0.184 e. The minimum atomic E-state index is -1.46. The number of rotatable bonds is 5. The SMILES string of the molecule is C[Si](C)(C)C[Si](C)(C)OCc1ccccc1. The first-order valence-electron chi connectivity index (χ1n) is 5.96. The molecule has 0 aliphatic carbocycles. The van der Waals surface area contributed by atoms with Crippen LogP contribution in [0.4, 0.5) is 0 Å². The summed E-state index contributed by atoms with van der Waals surface area (Å²) in [4.78, 5) is 0. The molecule has 1 nitrogen and oxygen atoms in total. The van der Waals surface area contributed by atoms with Crippen molar-refractivity contribution in [2.24, 2.45) is 0 Å². The molecule has 0 heterocycles. The molecule has 90 valence electrons. The van der Waals surface area contributed by atoms with Crippen LogP contribution in [0.25, 0.3) is 0 Å². The van der Waals surface area contributed by atoms with Crippen molar-refractivity contribution in [3.05, 3.63) is 35.9 Å². The van der Waals surface area contributed by atoms with E-state index in [9.17, 15) is 0 Å². The molecule has 0 bridgehead atoms. The highest BCUT2D eigenvalue weighted by molar-refractivity contribution is 6.92. The zero-order valence-corrected chi connectivity index (χ0v) is 13.2. The molecule has 0 N–H and O–H groups in total. The van der Waals surface area contributed by atoms with Crippen molar-refractivity contribution in [3.63, 3.8) is 0 Å². The molecular weight excluding hydrogens is 228 g/mol. The van der Waals surface area contributed by atoms with Gasteiger partial charge >= 0.3 is 0 Å². The van der Waals surface area contributed by atoms with Crippen LogP contribution in [0, 0.1) is 0 Å². The van der Waals surface area contributed by atoms with Gasteiger partial charge in [0, 0.05) is 8.07 Å². The van der Waals surface area contributed by atoms with E-state index >= 15 is 0 Å². The van der Waals surface area contributed by atoms with E-state index in [1.807, 2.05) is 6.07 Å². The van der Waals surface area contributed by atoms with Gasteiger partial charge in [0.2, 0.25) is 0 Å². The van der Waals surface area contributed by atoms with E-state index in [2.05, 4.69) is 57.0 Å². The molecule has 0 aromatic heterocycles. The lowest BCUT2D eigenvalue weighted by Gasteiger charge is -2.29. The summed E-state index contributed by atoms with van der Waals surface area (Å²) in [6, 6.07) is 10.5. The van der Waals surface area contributed by atoms with Crippen molar-refractivity contribution in [3.8, 4) is 0 Å².